The van der Waals surface area contributed by atoms with Gasteiger partial charge < -0.3 is 19.5 Å². The van der Waals surface area contributed by atoms with Gasteiger partial charge in [-0.2, -0.15) is 0 Å². The molecule has 1 aromatic carbocycles. The van der Waals surface area contributed by atoms with Crippen molar-refractivity contribution in [3.05, 3.63) is 47.5 Å². The Morgan fingerprint density at radius 1 is 1.37 bits per heavy atom. The summed E-state index contributed by atoms with van der Waals surface area (Å²) in [7, 11) is 1.71. The minimum Gasteiger partial charge on any atom is -0.356 e. The van der Waals surface area contributed by atoms with Crippen molar-refractivity contribution in [1.29, 1.82) is 0 Å². The number of nitrogens with zero attached hydrogens (tertiary/aromatic N) is 4. The lowest BCUT2D eigenvalue weighted by atomic mass is 9.94. The Morgan fingerprint density at radius 2 is 2.11 bits per heavy atom. The highest BCUT2D eigenvalue weighted by molar-refractivity contribution is 5.86. The second-order valence-corrected chi connectivity index (χ2v) is 7.00. The number of nitrogens with one attached hydrogen (secondary N) is 1. The number of aromatic nitrogens is 3. The molecule has 2 amide bonds. The number of morpholine rings is 1. The van der Waals surface area contributed by atoms with E-state index in [1.807, 2.05) is 49.6 Å². The number of benzene rings is 1. The van der Waals surface area contributed by atoms with Crippen LogP contribution in [0.3, 0.4) is 0 Å². The van der Waals surface area contributed by atoms with Crippen molar-refractivity contribution in [3.63, 3.8) is 0 Å². The van der Waals surface area contributed by atoms with Crippen LogP contribution in [0.4, 0.5) is 0 Å². The molecule has 0 radical (unpaired) electrons. The Hall–Kier alpha value is -2.74. The first-order valence-electron chi connectivity index (χ1n) is 8.99. The highest BCUT2D eigenvalue weighted by Gasteiger charge is 2.40. The van der Waals surface area contributed by atoms with Gasteiger partial charge in [0.1, 0.15) is 12.9 Å². The van der Waals surface area contributed by atoms with Gasteiger partial charge in [0.25, 0.3) is 5.91 Å². The maximum absolute atomic E-state index is 12.9. The van der Waals surface area contributed by atoms with E-state index in [0.29, 0.717) is 5.82 Å². The summed E-state index contributed by atoms with van der Waals surface area (Å²) in [6.07, 6.45) is 0.857. The van der Waals surface area contributed by atoms with Crippen LogP contribution in [0.1, 0.15) is 42.9 Å². The second kappa shape index (κ2) is 7.87. The summed E-state index contributed by atoms with van der Waals surface area (Å²) in [6, 6.07) is 7.43. The predicted octanol–water partition coefficient (Wildman–Crippen LogP) is 1.38. The first-order valence-corrected chi connectivity index (χ1v) is 8.99. The zero-order valence-electron chi connectivity index (χ0n) is 16.0. The third-order valence-electron chi connectivity index (χ3n) is 4.87. The van der Waals surface area contributed by atoms with Gasteiger partial charge >= 0.3 is 0 Å². The van der Waals surface area contributed by atoms with Crippen LogP contribution in [0, 0.1) is 6.92 Å². The van der Waals surface area contributed by atoms with Crippen molar-refractivity contribution < 1.29 is 14.3 Å². The van der Waals surface area contributed by atoms with E-state index >= 15 is 0 Å². The Kier molecular flexibility index (Phi) is 5.55. The largest absolute Gasteiger partial charge is 0.356 e. The van der Waals surface area contributed by atoms with Gasteiger partial charge in [-0.1, -0.05) is 24.3 Å². The van der Waals surface area contributed by atoms with E-state index in [2.05, 4.69) is 15.5 Å². The molecule has 1 N–H and O–H groups in total. The summed E-state index contributed by atoms with van der Waals surface area (Å²) in [5.74, 6) is 0.249. The van der Waals surface area contributed by atoms with Gasteiger partial charge in [-0.3, -0.25) is 9.59 Å². The number of carbonyl (C=O) groups excluding carboxylic acids is 2. The molecule has 0 unspecified atom stereocenters. The Morgan fingerprint density at radius 3 is 2.81 bits per heavy atom. The van der Waals surface area contributed by atoms with Crippen molar-refractivity contribution in [2.45, 2.75) is 45.5 Å². The standard InChI is InChI=1S/C19H25N5O3/c1-12(2)24-11-21-22-15(24)9-20-19(26)18-17(23(4)16(25)10-27-18)14-8-6-5-7-13(14)3/h5-8,11-12,17-18H,9-10H2,1-4H3,(H,20,26)/t17-,18+/m1/s1. The lowest BCUT2D eigenvalue weighted by molar-refractivity contribution is -0.162. The van der Waals surface area contributed by atoms with Gasteiger partial charge in [0.2, 0.25) is 5.91 Å². The zero-order valence-corrected chi connectivity index (χ0v) is 16.0. The van der Waals surface area contributed by atoms with Gasteiger partial charge in [0.05, 0.1) is 12.6 Å². The molecule has 2 aromatic rings. The van der Waals surface area contributed by atoms with Crippen LogP contribution in [-0.2, 0) is 20.9 Å². The Labute approximate surface area is 158 Å². The number of carbonyl (C=O) groups is 2. The molecule has 2 atom stereocenters. The van der Waals surface area contributed by atoms with Crippen molar-refractivity contribution >= 4 is 11.8 Å². The Bertz CT molecular complexity index is 832. The zero-order chi connectivity index (χ0) is 19.6. The predicted molar refractivity (Wildman–Crippen MR) is 98.7 cm³/mol. The number of hydrogen-bond acceptors (Lipinski definition) is 5. The molecule has 0 spiro atoms. The highest BCUT2D eigenvalue weighted by atomic mass is 16.5. The first-order chi connectivity index (χ1) is 12.9. The van der Waals surface area contributed by atoms with Crippen LogP contribution >= 0.6 is 0 Å². The summed E-state index contributed by atoms with van der Waals surface area (Å²) in [4.78, 5) is 26.6. The summed E-state index contributed by atoms with van der Waals surface area (Å²) < 4.78 is 7.55. The number of rotatable bonds is 5. The lowest BCUT2D eigenvalue weighted by Gasteiger charge is -2.38. The molecule has 2 heterocycles. The van der Waals surface area contributed by atoms with E-state index < -0.39 is 12.1 Å². The summed E-state index contributed by atoms with van der Waals surface area (Å²) >= 11 is 0. The number of amides is 2. The van der Waals surface area contributed by atoms with E-state index in [0.717, 1.165) is 11.1 Å². The second-order valence-electron chi connectivity index (χ2n) is 7.00. The SMILES string of the molecule is Cc1ccccc1[C@@H]1[C@@H](C(=O)NCc2nncn2C(C)C)OCC(=O)N1C. The van der Waals surface area contributed by atoms with Crippen molar-refractivity contribution in [1.82, 2.24) is 25.0 Å². The minimum absolute atomic E-state index is 0.112. The molecule has 1 fully saturated rings. The normalized spacial score (nSPS) is 20.2. The van der Waals surface area contributed by atoms with Crippen LogP contribution in [0.25, 0.3) is 0 Å². The van der Waals surface area contributed by atoms with Crippen LogP contribution in [0.5, 0.6) is 0 Å². The van der Waals surface area contributed by atoms with Crippen molar-refractivity contribution in [3.8, 4) is 0 Å². The van der Waals surface area contributed by atoms with Gasteiger partial charge in [0.15, 0.2) is 11.9 Å². The van der Waals surface area contributed by atoms with Crippen LogP contribution in [0.2, 0.25) is 0 Å². The fourth-order valence-electron chi connectivity index (χ4n) is 3.31. The third-order valence-corrected chi connectivity index (χ3v) is 4.87. The van der Waals surface area contributed by atoms with Crippen molar-refractivity contribution in [2.24, 2.45) is 0 Å². The van der Waals surface area contributed by atoms with E-state index in [-0.39, 0.29) is 31.0 Å². The molecular weight excluding hydrogens is 346 g/mol. The number of ether oxygens (including phenoxy) is 1. The number of hydrogen-bond donors (Lipinski definition) is 1. The maximum Gasteiger partial charge on any atom is 0.252 e. The smallest absolute Gasteiger partial charge is 0.252 e. The Balaban J connectivity index is 1.80. The molecule has 8 heteroatoms. The molecule has 0 saturated carbocycles. The monoisotopic (exact) mass is 371 g/mol. The third kappa shape index (κ3) is 3.85. The number of likely N-dealkylation sites (N-methyl/N-ethyl adjacent to an activating group) is 1. The average molecular weight is 371 g/mol. The molecule has 0 bridgehead atoms. The van der Waals surface area contributed by atoms with Crippen molar-refractivity contribution in [2.75, 3.05) is 13.7 Å². The van der Waals surface area contributed by atoms with E-state index in [1.165, 1.54) is 0 Å². The number of aryl methyl sites for hydroxylation is 1. The molecule has 1 aromatic heterocycles. The van der Waals surface area contributed by atoms with Crippen LogP contribution < -0.4 is 5.32 Å². The van der Waals surface area contributed by atoms with Gasteiger partial charge in [-0.25, -0.2) is 0 Å². The summed E-state index contributed by atoms with van der Waals surface area (Å²) in [6.45, 7) is 6.14. The maximum atomic E-state index is 12.9. The topological polar surface area (TPSA) is 89.4 Å². The molecule has 0 aliphatic carbocycles. The van der Waals surface area contributed by atoms with E-state index in [4.69, 9.17) is 4.74 Å². The fraction of sp³-hybridized carbons (Fsp3) is 0.474. The molecule has 1 aliphatic heterocycles. The van der Waals surface area contributed by atoms with Crippen LogP contribution in [0.15, 0.2) is 30.6 Å². The molecule has 1 aliphatic rings. The molecule has 1 saturated heterocycles. The van der Waals surface area contributed by atoms with Gasteiger partial charge in [-0.05, 0) is 31.9 Å². The van der Waals surface area contributed by atoms with Crippen LogP contribution in [-0.4, -0.2) is 51.2 Å². The fourth-order valence-corrected chi connectivity index (χ4v) is 3.31. The molecule has 144 valence electrons. The summed E-state index contributed by atoms with van der Waals surface area (Å²) in [5, 5.41) is 10.9. The molecule has 8 nitrogen and oxygen atoms in total. The summed E-state index contributed by atoms with van der Waals surface area (Å²) in [5.41, 5.74) is 1.91. The quantitative estimate of drug-likeness (QED) is 0.858. The molecule has 27 heavy (non-hydrogen) atoms. The molecule has 3 rings (SSSR count). The van der Waals surface area contributed by atoms with Gasteiger partial charge in [-0.15, -0.1) is 10.2 Å². The first kappa shape index (κ1) is 19.0. The van der Waals surface area contributed by atoms with E-state index in [9.17, 15) is 9.59 Å². The lowest BCUT2D eigenvalue weighted by Crippen LogP contribution is -2.53. The minimum atomic E-state index is -0.788. The van der Waals surface area contributed by atoms with E-state index in [1.54, 1.807) is 18.3 Å². The van der Waals surface area contributed by atoms with Gasteiger partial charge in [0, 0.05) is 13.1 Å². The molecular formula is C19H25N5O3. The highest BCUT2D eigenvalue weighted by Crippen LogP contribution is 2.31. The average Bonchev–Trinajstić information content (AvgIpc) is 3.11.